The Morgan fingerprint density at radius 1 is 1.50 bits per heavy atom. The molecule has 10 heavy (non-hydrogen) atoms. The van der Waals surface area contributed by atoms with Gasteiger partial charge in [-0.25, -0.2) is 4.52 Å². The van der Waals surface area contributed by atoms with Crippen molar-refractivity contribution in [3.63, 3.8) is 0 Å². The van der Waals surface area contributed by atoms with Gasteiger partial charge in [-0.1, -0.05) is 15.9 Å². The van der Waals surface area contributed by atoms with Crippen LogP contribution in [0.3, 0.4) is 0 Å². The van der Waals surface area contributed by atoms with E-state index in [2.05, 4.69) is 15.9 Å². The molecule has 0 aromatic carbocycles. The molecule has 3 heteroatoms. The van der Waals surface area contributed by atoms with Crippen molar-refractivity contribution in [2.45, 2.75) is 19.2 Å². The van der Waals surface area contributed by atoms with Crippen LogP contribution in [-0.2, 0) is 12.4 Å². The molecule has 1 aromatic rings. The van der Waals surface area contributed by atoms with Gasteiger partial charge in [0, 0.05) is 19.2 Å². The van der Waals surface area contributed by atoms with Gasteiger partial charge in [-0.05, 0) is 4.74 Å². The lowest BCUT2D eigenvalue weighted by molar-refractivity contribution is -0.850. The molecule has 0 saturated heterocycles. The number of halogens is 1. The lowest BCUT2D eigenvalue weighted by Crippen LogP contribution is -2.28. The number of hydrogen-bond acceptors (Lipinski definition) is 1. The molecule has 0 aliphatic carbocycles. The van der Waals surface area contributed by atoms with Crippen LogP contribution in [-0.4, -0.2) is 0 Å². The highest BCUT2D eigenvalue weighted by Crippen LogP contribution is 2.13. The Morgan fingerprint density at radius 2 is 2.10 bits per heavy atom. The summed E-state index contributed by atoms with van der Waals surface area (Å²) in [5.41, 5.74) is 2.44. The predicted molar refractivity (Wildman–Crippen MR) is 42.0 cm³/mol. The molecule has 0 N–H and O–H groups in total. The smallest absolute Gasteiger partial charge is 0.232 e. The molecule has 1 heterocycles. The molecular formula is C7H11BrNO+. The van der Waals surface area contributed by atoms with Crippen LogP contribution in [0.2, 0.25) is 0 Å². The molecule has 0 radical (unpaired) electrons. The van der Waals surface area contributed by atoms with Gasteiger partial charge in [-0.2, -0.15) is 0 Å². The molecule has 1 rings (SSSR count). The van der Waals surface area contributed by atoms with Gasteiger partial charge in [0.05, 0.1) is 5.56 Å². The van der Waals surface area contributed by atoms with E-state index < -0.39 is 0 Å². The van der Waals surface area contributed by atoms with E-state index in [-0.39, 0.29) is 0 Å². The summed E-state index contributed by atoms with van der Waals surface area (Å²) in [7, 11) is 1.91. The van der Waals surface area contributed by atoms with Crippen molar-refractivity contribution in [3.05, 3.63) is 17.0 Å². The Labute approximate surface area is 68.9 Å². The molecular weight excluding hydrogens is 194 g/mol. The second-order valence-corrected chi connectivity index (χ2v) is 2.90. The lowest BCUT2D eigenvalue weighted by Gasteiger charge is -1.82. The fraction of sp³-hybridized carbons (Fsp3) is 0.571. The zero-order chi connectivity index (χ0) is 7.72. The van der Waals surface area contributed by atoms with Crippen LogP contribution in [0.5, 0.6) is 0 Å². The van der Waals surface area contributed by atoms with Crippen molar-refractivity contribution in [3.8, 4) is 0 Å². The fourth-order valence-electron chi connectivity index (χ4n) is 0.965. The van der Waals surface area contributed by atoms with E-state index >= 15 is 0 Å². The number of rotatable bonds is 1. The summed E-state index contributed by atoms with van der Waals surface area (Å²) in [6, 6.07) is 0. The first kappa shape index (κ1) is 7.79. The Kier molecular flexibility index (Phi) is 2.14. The topological polar surface area (TPSA) is 17.0 Å². The Morgan fingerprint density at radius 3 is 2.30 bits per heavy atom. The highest BCUT2D eigenvalue weighted by atomic mass is 79.9. The second-order valence-electron chi connectivity index (χ2n) is 2.34. The molecule has 0 fully saturated rings. The van der Waals surface area contributed by atoms with Gasteiger partial charge in [-0.3, -0.25) is 0 Å². The Hall–Kier alpha value is -0.310. The number of hydrogen-bond donors (Lipinski definition) is 0. The van der Waals surface area contributed by atoms with Gasteiger partial charge in [-0.15, -0.1) is 0 Å². The largest absolute Gasteiger partial charge is 0.241 e. The van der Waals surface area contributed by atoms with Crippen molar-refractivity contribution in [2.75, 3.05) is 0 Å². The van der Waals surface area contributed by atoms with Gasteiger partial charge in [0.1, 0.15) is 0 Å². The van der Waals surface area contributed by atoms with Crippen molar-refractivity contribution < 1.29 is 9.26 Å². The molecule has 0 aliphatic heterocycles. The first-order valence-corrected chi connectivity index (χ1v) is 4.30. The first-order valence-electron chi connectivity index (χ1n) is 3.18. The van der Waals surface area contributed by atoms with Crippen LogP contribution in [0.15, 0.2) is 4.52 Å². The summed E-state index contributed by atoms with van der Waals surface area (Å²) in [6.07, 6.45) is 0. The van der Waals surface area contributed by atoms with Gasteiger partial charge < -0.3 is 0 Å². The zero-order valence-corrected chi connectivity index (χ0v) is 8.03. The Bertz CT molecular complexity index is 242. The predicted octanol–water partition coefficient (Wildman–Crippen LogP) is 1.62. The van der Waals surface area contributed by atoms with Crippen LogP contribution in [0.4, 0.5) is 0 Å². The molecule has 0 atom stereocenters. The van der Waals surface area contributed by atoms with E-state index in [9.17, 15) is 0 Å². The van der Waals surface area contributed by atoms with Gasteiger partial charge in [0.15, 0.2) is 12.8 Å². The molecule has 0 unspecified atom stereocenters. The Balaban J connectivity index is 3.20. The third kappa shape index (κ3) is 1.10. The highest BCUT2D eigenvalue weighted by molar-refractivity contribution is 9.08. The van der Waals surface area contributed by atoms with E-state index in [1.807, 2.05) is 20.9 Å². The monoisotopic (exact) mass is 204 g/mol. The van der Waals surface area contributed by atoms with E-state index in [1.165, 1.54) is 11.3 Å². The fourth-order valence-corrected chi connectivity index (χ4v) is 1.77. The minimum absolute atomic E-state index is 0.870. The normalized spacial score (nSPS) is 10.4. The molecule has 0 bridgehead atoms. The summed E-state index contributed by atoms with van der Waals surface area (Å²) in [5.74, 6) is 0.997. The molecule has 56 valence electrons. The second kappa shape index (κ2) is 2.74. The van der Waals surface area contributed by atoms with Crippen LogP contribution >= 0.6 is 15.9 Å². The molecule has 0 saturated carbocycles. The molecule has 1 aromatic heterocycles. The number of aromatic nitrogens is 1. The molecule has 0 aliphatic rings. The maximum Gasteiger partial charge on any atom is 0.232 e. The average molecular weight is 205 g/mol. The van der Waals surface area contributed by atoms with Gasteiger partial charge in [0.2, 0.25) is 5.69 Å². The van der Waals surface area contributed by atoms with Gasteiger partial charge in [0.25, 0.3) is 0 Å². The first-order chi connectivity index (χ1) is 4.66. The summed E-state index contributed by atoms with van der Waals surface area (Å²) >= 11 is 3.40. The quantitative estimate of drug-likeness (QED) is 0.502. The van der Waals surface area contributed by atoms with Crippen LogP contribution in [0.25, 0.3) is 0 Å². The maximum atomic E-state index is 5.32. The third-order valence-electron chi connectivity index (χ3n) is 1.74. The van der Waals surface area contributed by atoms with Crippen LogP contribution in [0.1, 0.15) is 17.0 Å². The minimum atomic E-state index is 0.870. The zero-order valence-electron chi connectivity index (χ0n) is 6.44. The summed E-state index contributed by atoms with van der Waals surface area (Å²) < 4.78 is 7.11. The van der Waals surface area contributed by atoms with Crippen molar-refractivity contribution in [1.82, 2.24) is 0 Å². The molecule has 0 amide bonds. The van der Waals surface area contributed by atoms with Crippen molar-refractivity contribution in [1.29, 1.82) is 0 Å². The van der Waals surface area contributed by atoms with E-state index in [4.69, 9.17) is 4.52 Å². The van der Waals surface area contributed by atoms with Gasteiger partial charge >= 0.3 is 0 Å². The molecule has 0 spiro atoms. The maximum absolute atomic E-state index is 5.32. The average Bonchev–Trinajstić information content (AvgIpc) is 2.09. The summed E-state index contributed by atoms with van der Waals surface area (Å²) in [6.45, 7) is 4.02. The number of nitrogens with zero attached hydrogens (tertiary/aromatic N) is 1. The SMILES string of the molecule is Cc1o[n+](C)c(C)c1CBr. The van der Waals surface area contributed by atoms with Crippen molar-refractivity contribution in [2.24, 2.45) is 7.05 Å². The van der Waals surface area contributed by atoms with E-state index in [1.54, 1.807) is 4.74 Å². The van der Waals surface area contributed by atoms with E-state index in [0.29, 0.717) is 0 Å². The highest BCUT2D eigenvalue weighted by Gasteiger charge is 2.16. The molecule has 2 nitrogen and oxygen atoms in total. The third-order valence-corrected chi connectivity index (χ3v) is 2.30. The standard InChI is InChI=1S/C7H11BrNO/c1-5-7(4-8)6(2)10-9(5)3/h4H2,1-3H3/q+1. The van der Waals surface area contributed by atoms with Crippen LogP contribution in [0, 0.1) is 13.8 Å². The van der Waals surface area contributed by atoms with E-state index in [0.717, 1.165) is 11.1 Å². The lowest BCUT2D eigenvalue weighted by atomic mass is 10.2. The number of aryl methyl sites for hydroxylation is 2. The van der Waals surface area contributed by atoms with Crippen molar-refractivity contribution >= 4 is 15.9 Å². The minimum Gasteiger partial charge on any atom is -0.241 e. The summed E-state index contributed by atoms with van der Waals surface area (Å²) in [4.78, 5) is 0. The number of alkyl halides is 1. The van der Waals surface area contributed by atoms with Crippen LogP contribution < -0.4 is 4.74 Å². The summed E-state index contributed by atoms with van der Waals surface area (Å²) in [5, 5.41) is 0.870.